The molecule has 0 aliphatic rings. The van der Waals surface area contributed by atoms with E-state index in [2.05, 4.69) is 17.2 Å². The minimum Gasteiger partial charge on any atom is -0.481 e. The number of hydrogen-bond donors (Lipinski definition) is 3. The molecule has 0 fully saturated rings. The molecule has 0 saturated carbocycles. The lowest BCUT2D eigenvalue weighted by atomic mass is 10.1. The molecule has 2 unspecified atom stereocenters. The van der Waals surface area contributed by atoms with Gasteiger partial charge in [-0.25, -0.2) is 4.98 Å². The minimum absolute atomic E-state index is 0.0555. The molecule has 1 heterocycles. The van der Waals surface area contributed by atoms with Gasteiger partial charge in [0.15, 0.2) is 0 Å². The minimum atomic E-state index is 0.0555. The molecule has 0 radical (unpaired) electrons. The molecule has 0 amide bonds. The molecule has 1 aromatic rings. The second-order valence-corrected chi connectivity index (χ2v) is 4.21. The third kappa shape index (κ3) is 4.25. The van der Waals surface area contributed by atoms with Gasteiger partial charge in [-0.1, -0.05) is 13.0 Å². The van der Waals surface area contributed by atoms with Crippen molar-refractivity contribution >= 4 is 0 Å². The van der Waals surface area contributed by atoms with E-state index in [1.165, 1.54) is 0 Å². The van der Waals surface area contributed by atoms with Crippen LogP contribution in [-0.2, 0) is 0 Å². The maximum Gasteiger partial charge on any atom is 0.212 e. The molecule has 5 nitrogen and oxygen atoms in total. The molecule has 1 rings (SSSR count). The van der Waals surface area contributed by atoms with Crippen LogP contribution in [0.3, 0.4) is 0 Å². The molecule has 0 saturated heterocycles. The Balaban J connectivity index is 2.68. The van der Waals surface area contributed by atoms with Crippen molar-refractivity contribution in [3.63, 3.8) is 0 Å². The topological polar surface area (TPSA) is 80.4 Å². The zero-order valence-corrected chi connectivity index (χ0v) is 11.1. The molecule has 5 heteroatoms. The number of hydrogen-bond acceptors (Lipinski definition) is 5. The molecule has 0 spiro atoms. The first-order valence-electron chi connectivity index (χ1n) is 6.32. The monoisotopic (exact) mass is 253 g/mol. The average Bonchev–Trinajstić information content (AvgIpc) is 2.43. The second kappa shape index (κ2) is 8.02. The molecule has 0 aliphatic carbocycles. The van der Waals surface area contributed by atoms with Gasteiger partial charge in [0, 0.05) is 37.5 Å². The highest BCUT2D eigenvalue weighted by molar-refractivity contribution is 5.21. The van der Waals surface area contributed by atoms with Crippen molar-refractivity contribution in [1.82, 2.24) is 10.3 Å². The summed E-state index contributed by atoms with van der Waals surface area (Å²) in [4.78, 5) is 4.18. The first kappa shape index (κ1) is 14.9. The lowest BCUT2D eigenvalue weighted by Crippen LogP contribution is -2.37. The Morgan fingerprint density at radius 1 is 1.50 bits per heavy atom. The quantitative estimate of drug-likeness (QED) is 0.639. The summed E-state index contributed by atoms with van der Waals surface area (Å²) < 4.78 is 5.03. The van der Waals surface area contributed by atoms with Crippen LogP contribution in [0.15, 0.2) is 18.3 Å². The summed E-state index contributed by atoms with van der Waals surface area (Å²) in [6, 6.07) is 4.11. The first-order valence-corrected chi connectivity index (χ1v) is 6.32. The Morgan fingerprint density at radius 2 is 2.28 bits per heavy atom. The zero-order valence-electron chi connectivity index (χ0n) is 11.1. The van der Waals surface area contributed by atoms with E-state index in [-0.39, 0.29) is 18.7 Å². The zero-order chi connectivity index (χ0) is 13.4. The number of methoxy groups -OCH3 is 1. The van der Waals surface area contributed by atoms with Crippen molar-refractivity contribution in [2.45, 2.75) is 31.8 Å². The van der Waals surface area contributed by atoms with Crippen molar-refractivity contribution in [2.75, 3.05) is 20.3 Å². The summed E-state index contributed by atoms with van der Waals surface area (Å²) in [7, 11) is 1.59. The van der Waals surface area contributed by atoms with E-state index in [0.29, 0.717) is 12.4 Å². The Hall–Kier alpha value is -1.17. The van der Waals surface area contributed by atoms with Crippen molar-refractivity contribution < 1.29 is 9.84 Å². The van der Waals surface area contributed by atoms with Crippen molar-refractivity contribution in [3.05, 3.63) is 23.9 Å². The summed E-state index contributed by atoms with van der Waals surface area (Å²) in [6.07, 6.45) is 3.46. The van der Waals surface area contributed by atoms with Crippen molar-refractivity contribution in [3.8, 4) is 5.88 Å². The van der Waals surface area contributed by atoms with E-state index in [0.717, 1.165) is 18.4 Å². The molecule has 102 valence electrons. The molecule has 4 N–H and O–H groups in total. The number of aromatic nitrogens is 1. The number of aliphatic hydroxyl groups excluding tert-OH is 1. The number of rotatable bonds is 8. The second-order valence-electron chi connectivity index (χ2n) is 4.21. The fourth-order valence-corrected chi connectivity index (χ4v) is 1.86. The number of aliphatic hydroxyl groups is 1. The Labute approximate surface area is 108 Å². The molecular weight excluding hydrogens is 230 g/mol. The van der Waals surface area contributed by atoms with E-state index in [1.54, 1.807) is 13.3 Å². The van der Waals surface area contributed by atoms with Gasteiger partial charge in [0.05, 0.1) is 7.11 Å². The van der Waals surface area contributed by atoms with Gasteiger partial charge in [0.1, 0.15) is 0 Å². The molecule has 0 bridgehead atoms. The fraction of sp³-hybridized carbons (Fsp3) is 0.615. The number of pyridine rings is 1. The van der Waals surface area contributed by atoms with Crippen LogP contribution in [0.1, 0.15) is 31.4 Å². The van der Waals surface area contributed by atoms with Gasteiger partial charge >= 0.3 is 0 Å². The van der Waals surface area contributed by atoms with Gasteiger partial charge in [0.2, 0.25) is 5.88 Å². The molecule has 2 atom stereocenters. The molecule has 0 aromatic carbocycles. The summed E-state index contributed by atoms with van der Waals surface area (Å²) in [5.74, 6) is 0.594. The standard InChI is InChI=1S/C13H23N3O2/c1-3-11(6-7-17)16-12(8-14)10-4-5-13(18-2)15-9-10/h4-5,9,11-12,16-17H,3,6-8,14H2,1-2H3. The number of nitrogens with zero attached hydrogens (tertiary/aromatic N) is 1. The van der Waals surface area contributed by atoms with Crippen LogP contribution < -0.4 is 15.8 Å². The van der Waals surface area contributed by atoms with E-state index in [9.17, 15) is 0 Å². The van der Waals surface area contributed by atoms with Gasteiger partial charge in [-0.05, 0) is 18.4 Å². The fourth-order valence-electron chi connectivity index (χ4n) is 1.86. The SMILES string of the molecule is CCC(CCO)NC(CN)c1ccc(OC)nc1. The van der Waals surface area contributed by atoms with Gasteiger partial charge in [0.25, 0.3) is 0 Å². The molecule has 0 aliphatic heterocycles. The normalized spacial score (nSPS) is 14.2. The van der Waals surface area contributed by atoms with Gasteiger partial charge < -0.3 is 20.9 Å². The van der Waals surface area contributed by atoms with E-state index in [4.69, 9.17) is 15.6 Å². The van der Waals surface area contributed by atoms with Crippen molar-refractivity contribution in [2.24, 2.45) is 5.73 Å². The lowest BCUT2D eigenvalue weighted by molar-refractivity contribution is 0.255. The Morgan fingerprint density at radius 3 is 2.72 bits per heavy atom. The highest BCUT2D eigenvalue weighted by atomic mass is 16.5. The molecule has 1 aromatic heterocycles. The number of nitrogens with two attached hydrogens (primary N) is 1. The summed E-state index contributed by atoms with van der Waals surface area (Å²) in [5, 5.41) is 12.4. The number of nitrogens with one attached hydrogen (secondary N) is 1. The highest BCUT2D eigenvalue weighted by Crippen LogP contribution is 2.15. The van der Waals surface area contributed by atoms with Crippen LogP contribution in [-0.4, -0.2) is 36.4 Å². The van der Waals surface area contributed by atoms with Crippen LogP contribution in [0.4, 0.5) is 0 Å². The molecule has 18 heavy (non-hydrogen) atoms. The third-order valence-corrected chi connectivity index (χ3v) is 3.01. The van der Waals surface area contributed by atoms with E-state index >= 15 is 0 Å². The van der Waals surface area contributed by atoms with E-state index < -0.39 is 0 Å². The van der Waals surface area contributed by atoms with Gasteiger partial charge in [-0.3, -0.25) is 0 Å². The van der Waals surface area contributed by atoms with Crippen LogP contribution in [0, 0.1) is 0 Å². The highest BCUT2D eigenvalue weighted by Gasteiger charge is 2.14. The smallest absolute Gasteiger partial charge is 0.212 e. The summed E-state index contributed by atoms with van der Waals surface area (Å²) in [5.41, 5.74) is 6.83. The third-order valence-electron chi connectivity index (χ3n) is 3.01. The Kier molecular flexibility index (Phi) is 6.64. The predicted molar refractivity (Wildman–Crippen MR) is 71.5 cm³/mol. The molecular formula is C13H23N3O2. The largest absolute Gasteiger partial charge is 0.481 e. The van der Waals surface area contributed by atoms with Crippen LogP contribution in [0.25, 0.3) is 0 Å². The number of ether oxygens (including phenoxy) is 1. The van der Waals surface area contributed by atoms with Gasteiger partial charge in [-0.2, -0.15) is 0 Å². The predicted octanol–water partition coefficient (Wildman–Crippen LogP) is 0.841. The van der Waals surface area contributed by atoms with E-state index in [1.807, 2.05) is 12.1 Å². The van der Waals surface area contributed by atoms with Crippen LogP contribution >= 0.6 is 0 Å². The Bertz CT molecular complexity index is 330. The average molecular weight is 253 g/mol. The summed E-state index contributed by atoms with van der Waals surface area (Å²) >= 11 is 0. The van der Waals surface area contributed by atoms with Crippen molar-refractivity contribution in [1.29, 1.82) is 0 Å². The summed E-state index contributed by atoms with van der Waals surface area (Å²) in [6.45, 7) is 2.77. The maximum atomic E-state index is 8.99. The first-order chi connectivity index (χ1) is 8.74. The maximum absolute atomic E-state index is 8.99. The lowest BCUT2D eigenvalue weighted by Gasteiger charge is -2.23. The van der Waals surface area contributed by atoms with Crippen LogP contribution in [0.2, 0.25) is 0 Å². The van der Waals surface area contributed by atoms with Gasteiger partial charge in [-0.15, -0.1) is 0 Å². The van der Waals surface area contributed by atoms with Crippen LogP contribution in [0.5, 0.6) is 5.88 Å².